The summed E-state index contributed by atoms with van der Waals surface area (Å²) in [5, 5.41) is 7.19. The van der Waals surface area contributed by atoms with Crippen LogP contribution in [0.5, 0.6) is 23.5 Å². The molecule has 0 amide bonds. The van der Waals surface area contributed by atoms with Crippen LogP contribution in [-0.4, -0.2) is 38.4 Å². The van der Waals surface area contributed by atoms with Gasteiger partial charge < -0.3 is 31.4 Å². The molecule has 0 radical (unpaired) electrons. The van der Waals surface area contributed by atoms with Gasteiger partial charge in [-0.1, -0.05) is 67.9 Å². The molecule has 67 heavy (non-hydrogen) atoms. The zero-order chi connectivity index (χ0) is 48.4. The van der Waals surface area contributed by atoms with E-state index in [2.05, 4.69) is 195 Å². The van der Waals surface area contributed by atoms with Gasteiger partial charge in [0.25, 0.3) is 0 Å². The Kier molecular flexibility index (Phi) is 20.9. The minimum absolute atomic E-state index is 0. The quantitative estimate of drug-likeness (QED) is 0.0906. The Morgan fingerprint density at radius 2 is 0.672 bits per heavy atom. The van der Waals surface area contributed by atoms with E-state index in [0.717, 1.165) is 21.7 Å². The van der Waals surface area contributed by atoms with Gasteiger partial charge >= 0.3 is 27.0 Å². The van der Waals surface area contributed by atoms with E-state index >= 15 is 0 Å². The fourth-order valence-electron chi connectivity index (χ4n) is 8.76. The van der Waals surface area contributed by atoms with Gasteiger partial charge in [-0.15, -0.1) is 0 Å². The Morgan fingerprint density at radius 3 is 0.896 bits per heavy atom. The van der Waals surface area contributed by atoms with Crippen LogP contribution in [-0.2, 0) is 17.3 Å². The fourth-order valence-corrected chi connectivity index (χ4v) is 15.1. The first-order valence-electron chi connectivity index (χ1n) is 22.1. The topological polar surface area (TPSA) is 62.7 Å². The molecular formula is C56H66Cl2N2O4P2Ru+. The summed E-state index contributed by atoms with van der Waals surface area (Å²) in [4.78, 5) is 9.95. The molecule has 0 aliphatic carbocycles. The number of ether oxygens (including phenoxy) is 4. The van der Waals surface area contributed by atoms with Crippen molar-refractivity contribution in [3.8, 4) is 34.6 Å². The van der Waals surface area contributed by atoms with E-state index < -0.39 is 15.8 Å². The van der Waals surface area contributed by atoms with Crippen molar-refractivity contribution in [1.29, 1.82) is 0 Å². The van der Waals surface area contributed by atoms with Crippen molar-refractivity contribution in [2.75, 3.05) is 28.4 Å². The molecule has 2 heterocycles. The van der Waals surface area contributed by atoms with E-state index in [0.29, 0.717) is 29.4 Å². The molecule has 355 valence electrons. The van der Waals surface area contributed by atoms with Gasteiger partial charge in [0.1, 0.15) is 31.8 Å². The average Bonchev–Trinajstić information content (AvgIpc) is 3.26. The summed E-state index contributed by atoms with van der Waals surface area (Å²) in [5.41, 5.74) is 14.2. The summed E-state index contributed by atoms with van der Waals surface area (Å²) in [6.07, 6.45) is 0. The molecule has 7 aromatic rings. The second-order valence-electron chi connectivity index (χ2n) is 17.5. The Balaban J connectivity index is 0.000000662. The predicted octanol–water partition coefficient (Wildman–Crippen LogP) is 8.44. The Bertz CT molecular complexity index is 2440. The summed E-state index contributed by atoms with van der Waals surface area (Å²) in [5.74, 6) is 2.53. The van der Waals surface area contributed by atoms with Crippen molar-refractivity contribution in [2.24, 2.45) is 0 Å². The minimum atomic E-state index is -1.75. The molecule has 0 saturated heterocycles. The number of aromatic nitrogens is 2. The van der Waals surface area contributed by atoms with Gasteiger partial charge in [-0.05, 0) is 167 Å². The van der Waals surface area contributed by atoms with Crippen molar-refractivity contribution in [3.05, 3.63) is 165 Å². The molecule has 6 nitrogen and oxygen atoms in total. The SMILES string of the molecule is COc1cc([PH+](c2cc(C)cc(C)c2)c2cc(C)cc(C)c2)c(-c2c([PH+](c3cc(C)cc(C)c3)c3cc(C)cc(C)c3)cc(OC)nc2OC)c(OC)n1.Cc1ccc(C(C)C)cc1.[Cl-].[Cl][Ru]. The number of halogens is 2. The van der Waals surface area contributed by atoms with Gasteiger partial charge in [0.2, 0.25) is 23.5 Å². The van der Waals surface area contributed by atoms with Crippen LogP contribution < -0.4 is 63.2 Å². The molecule has 2 aromatic heterocycles. The molecule has 5 aromatic carbocycles. The molecular weight excluding hydrogens is 999 g/mol. The van der Waals surface area contributed by atoms with Crippen LogP contribution in [0.1, 0.15) is 75.4 Å². The van der Waals surface area contributed by atoms with E-state index in [1.807, 2.05) is 17.3 Å². The van der Waals surface area contributed by atoms with E-state index in [-0.39, 0.29) is 12.4 Å². The molecule has 0 bridgehead atoms. The molecule has 11 heteroatoms. The second-order valence-corrected chi connectivity index (χ2v) is 22.4. The van der Waals surface area contributed by atoms with Crippen LogP contribution in [0, 0.1) is 62.3 Å². The molecule has 0 unspecified atom stereocenters. The van der Waals surface area contributed by atoms with E-state index in [9.17, 15) is 0 Å². The van der Waals surface area contributed by atoms with Crippen LogP contribution in [0.25, 0.3) is 11.1 Å². The molecule has 0 N–H and O–H groups in total. The maximum atomic E-state index is 6.30. The number of hydrogen-bond acceptors (Lipinski definition) is 6. The number of hydrogen-bond donors (Lipinski definition) is 0. The number of methoxy groups -OCH3 is 4. The number of rotatable bonds is 12. The van der Waals surface area contributed by atoms with Gasteiger partial charge in [0.15, 0.2) is 0 Å². The monoisotopic (exact) mass is 1060 g/mol. The third kappa shape index (κ3) is 13.9. The van der Waals surface area contributed by atoms with Crippen molar-refractivity contribution >= 4 is 57.4 Å². The number of benzene rings is 5. The van der Waals surface area contributed by atoms with Crippen molar-refractivity contribution in [2.45, 2.75) is 82.1 Å². The zero-order valence-electron chi connectivity index (χ0n) is 41.6. The van der Waals surface area contributed by atoms with Crippen molar-refractivity contribution in [3.63, 3.8) is 0 Å². The average molecular weight is 1070 g/mol. The van der Waals surface area contributed by atoms with Gasteiger partial charge in [-0.25, -0.2) is 0 Å². The summed E-state index contributed by atoms with van der Waals surface area (Å²) < 4.78 is 24.5. The Hall–Kier alpha value is -4.34. The third-order valence-corrected chi connectivity index (χ3v) is 16.6. The molecule has 0 saturated carbocycles. The molecule has 0 fully saturated rings. The normalized spacial score (nSPS) is 10.7. The summed E-state index contributed by atoms with van der Waals surface area (Å²) in [6.45, 7) is 23.9. The van der Waals surface area contributed by atoms with Crippen LogP contribution in [0.3, 0.4) is 0 Å². The van der Waals surface area contributed by atoms with Crippen LogP contribution >= 0.6 is 25.5 Å². The molecule has 0 aliphatic rings. The van der Waals surface area contributed by atoms with Gasteiger partial charge in [0.05, 0.1) is 55.4 Å². The molecule has 0 atom stereocenters. The number of pyridine rings is 2. The van der Waals surface area contributed by atoms with E-state index in [1.165, 1.54) is 76.9 Å². The molecule has 0 spiro atoms. The standard InChI is InChI=1S/C46H50N2O4P2.C10H14.2ClH.Ru/c1-27-13-28(2)18-35(17-27)53(36-19-29(3)14-30(4)20-36)39-25-41(49-9)47-45(51-11)43(39)44-40(26-42(50-10)48-46(44)52-12)54(37-21-31(5)15-32(6)22-37)38-23-33(7)16-34(8)24-38;1-8(2)10-6-4-9(3)5-7-10;;;/h13-26H,1-12H3;4-8H,1-3H3;2*1H;/q;;;;+1. The third-order valence-electron chi connectivity index (χ3n) is 11.3. The van der Waals surface area contributed by atoms with E-state index in [4.69, 9.17) is 28.9 Å². The van der Waals surface area contributed by atoms with Crippen LogP contribution in [0.4, 0.5) is 0 Å². The Labute approximate surface area is 423 Å². The summed E-state index contributed by atoms with van der Waals surface area (Å²) in [6, 6.07) is 40.5. The van der Waals surface area contributed by atoms with Crippen LogP contribution in [0.15, 0.2) is 109 Å². The number of nitrogens with zero attached hydrogens (tertiary/aromatic N) is 2. The second kappa shape index (κ2) is 25.3. The Morgan fingerprint density at radius 1 is 0.403 bits per heavy atom. The summed E-state index contributed by atoms with van der Waals surface area (Å²) in [7, 11) is 7.75. The first-order chi connectivity index (χ1) is 31.5. The predicted molar refractivity (Wildman–Crippen MR) is 283 cm³/mol. The number of aryl methyl sites for hydroxylation is 9. The zero-order valence-corrected chi connectivity index (χ0v) is 46.9. The summed E-state index contributed by atoms with van der Waals surface area (Å²) >= 11 is 1.82. The van der Waals surface area contributed by atoms with Gasteiger partial charge in [-0.2, -0.15) is 9.97 Å². The van der Waals surface area contributed by atoms with Crippen molar-refractivity contribution < 1.29 is 48.7 Å². The molecule has 0 aliphatic heterocycles. The van der Waals surface area contributed by atoms with E-state index in [1.54, 1.807) is 28.4 Å². The first kappa shape index (κ1) is 55.3. The van der Waals surface area contributed by atoms with Gasteiger partial charge in [0, 0.05) is 12.1 Å². The fraction of sp³-hybridized carbons (Fsp3) is 0.286. The van der Waals surface area contributed by atoms with Crippen molar-refractivity contribution in [1.82, 2.24) is 9.97 Å². The maximum absolute atomic E-state index is 6.30. The van der Waals surface area contributed by atoms with Crippen LogP contribution in [0.2, 0.25) is 0 Å². The van der Waals surface area contributed by atoms with Gasteiger partial charge in [-0.3, -0.25) is 0 Å². The molecule has 7 rings (SSSR count). The first-order valence-corrected chi connectivity index (χ1v) is 27.3.